The SMILES string of the molecule is Nc1nc(-c2c[nH]c3ccccc23)nc2c1ncn2[C@@H]1O[C@H](CS)[C@@H](O)[C@H]1O. The van der Waals surface area contributed by atoms with E-state index in [-0.39, 0.29) is 11.6 Å². The van der Waals surface area contributed by atoms with Gasteiger partial charge in [0.1, 0.15) is 17.7 Å². The summed E-state index contributed by atoms with van der Waals surface area (Å²) in [6, 6.07) is 7.82. The van der Waals surface area contributed by atoms with E-state index in [2.05, 4.69) is 32.6 Å². The number of aliphatic hydroxyl groups excluding tert-OH is 2. The van der Waals surface area contributed by atoms with Gasteiger partial charge in [0.05, 0.1) is 12.4 Å². The number of aliphatic hydroxyl groups is 2. The van der Waals surface area contributed by atoms with Crippen molar-refractivity contribution in [3.63, 3.8) is 0 Å². The Labute approximate surface area is 164 Å². The fourth-order valence-electron chi connectivity index (χ4n) is 3.61. The molecule has 28 heavy (non-hydrogen) atoms. The van der Waals surface area contributed by atoms with Gasteiger partial charge < -0.3 is 25.7 Å². The van der Waals surface area contributed by atoms with Gasteiger partial charge in [0.2, 0.25) is 0 Å². The Morgan fingerprint density at radius 3 is 2.82 bits per heavy atom. The summed E-state index contributed by atoms with van der Waals surface area (Å²) >= 11 is 4.16. The zero-order valence-electron chi connectivity index (χ0n) is 14.6. The maximum atomic E-state index is 10.4. The van der Waals surface area contributed by atoms with Gasteiger partial charge in [-0.1, -0.05) is 18.2 Å². The monoisotopic (exact) mass is 398 g/mol. The second kappa shape index (κ2) is 6.45. The van der Waals surface area contributed by atoms with Gasteiger partial charge in [0.25, 0.3) is 0 Å². The second-order valence-corrected chi connectivity index (χ2v) is 7.10. The number of aromatic nitrogens is 5. The number of benzene rings is 1. The zero-order chi connectivity index (χ0) is 19.4. The highest BCUT2D eigenvalue weighted by Crippen LogP contribution is 2.34. The molecule has 5 N–H and O–H groups in total. The molecule has 4 heterocycles. The lowest BCUT2D eigenvalue weighted by atomic mass is 10.1. The van der Waals surface area contributed by atoms with E-state index >= 15 is 0 Å². The average molecular weight is 398 g/mol. The number of hydrogen-bond acceptors (Lipinski definition) is 8. The summed E-state index contributed by atoms with van der Waals surface area (Å²) in [7, 11) is 0. The number of rotatable bonds is 3. The number of thiol groups is 1. The predicted molar refractivity (Wildman–Crippen MR) is 107 cm³/mol. The van der Waals surface area contributed by atoms with Crippen molar-refractivity contribution in [2.45, 2.75) is 24.5 Å². The molecular formula is C18H18N6O3S. The first-order chi connectivity index (χ1) is 13.6. The molecule has 1 aliphatic heterocycles. The van der Waals surface area contributed by atoms with Crippen molar-refractivity contribution >= 4 is 40.5 Å². The molecule has 0 saturated carbocycles. The summed E-state index contributed by atoms with van der Waals surface area (Å²) in [5.41, 5.74) is 8.72. The summed E-state index contributed by atoms with van der Waals surface area (Å²) < 4.78 is 7.34. The number of nitrogens with zero attached hydrogens (tertiary/aromatic N) is 4. The highest BCUT2D eigenvalue weighted by molar-refractivity contribution is 7.80. The molecule has 0 amide bonds. The number of nitrogens with two attached hydrogens (primary N) is 1. The van der Waals surface area contributed by atoms with E-state index in [0.29, 0.717) is 17.0 Å². The van der Waals surface area contributed by atoms with Gasteiger partial charge in [-0.15, -0.1) is 0 Å². The van der Waals surface area contributed by atoms with Gasteiger partial charge in [-0.05, 0) is 6.07 Å². The normalized spacial score (nSPS) is 25.1. The zero-order valence-corrected chi connectivity index (χ0v) is 15.5. The van der Waals surface area contributed by atoms with E-state index in [1.54, 1.807) is 4.57 Å². The summed E-state index contributed by atoms with van der Waals surface area (Å²) in [5.74, 6) is 0.935. The Morgan fingerprint density at radius 2 is 2.04 bits per heavy atom. The molecule has 0 spiro atoms. The van der Waals surface area contributed by atoms with Crippen LogP contribution in [0.15, 0.2) is 36.8 Å². The maximum Gasteiger partial charge on any atom is 0.168 e. The average Bonchev–Trinajstić information content (AvgIpc) is 3.39. The van der Waals surface area contributed by atoms with Crippen molar-refractivity contribution in [3.05, 3.63) is 36.8 Å². The molecule has 0 radical (unpaired) electrons. The molecule has 5 rings (SSSR count). The van der Waals surface area contributed by atoms with Crippen molar-refractivity contribution in [2.24, 2.45) is 0 Å². The van der Waals surface area contributed by atoms with Crippen molar-refractivity contribution in [1.29, 1.82) is 0 Å². The third kappa shape index (κ3) is 2.49. The van der Waals surface area contributed by atoms with Gasteiger partial charge >= 0.3 is 0 Å². The highest BCUT2D eigenvalue weighted by Gasteiger charge is 2.43. The van der Waals surface area contributed by atoms with E-state index in [4.69, 9.17) is 10.5 Å². The van der Waals surface area contributed by atoms with Crippen LogP contribution in [0, 0.1) is 0 Å². The lowest BCUT2D eigenvalue weighted by molar-refractivity contribution is -0.0288. The Balaban J connectivity index is 1.66. The third-order valence-corrected chi connectivity index (χ3v) is 5.43. The summed E-state index contributed by atoms with van der Waals surface area (Å²) in [5, 5.41) is 21.5. The van der Waals surface area contributed by atoms with Crippen LogP contribution in [0.5, 0.6) is 0 Å². The Hall–Kier alpha value is -2.66. The highest BCUT2D eigenvalue weighted by atomic mass is 32.1. The first-order valence-corrected chi connectivity index (χ1v) is 9.40. The summed E-state index contributed by atoms with van der Waals surface area (Å²) in [4.78, 5) is 16.5. The van der Waals surface area contributed by atoms with Crippen LogP contribution < -0.4 is 5.73 Å². The van der Waals surface area contributed by atoms with Gasteiger partial charge in [-0.3, -0.25) is 4.57 Å². The van der Waals surface area contributed by atoms with Crippen molar-refractivity contribution < 1.29 is 14.9 Å². The molecule has 4 aromatic rings. The molecule has 0 bridgehead atoms. The van der Waals surface area contributed by atoms with Crippen LogP contribution in [0.3, 0.4) is 0 Å². The minimum atomic E-state index is -1.14. The Kier molecular flexibility index (Phi) is 4.02. The molecule has 1 aliphatic rings. The van der Waals surface area contributed by atoms with Crippen molar-refractivity contribution in [3.8, 4) is 11.4 Å². The molecule has 1 fully saturated rings. The van der Waals surface area contributed by atoms with Crippen molar-refractivity contribution in [1.82, 2.24) is 24.5 Å². The number of ether oxygens (including phenoxy) is 1. The molecule has 10 heteroatoms. The van der Waals surface area contributed by atoms with Crippen molar-refractivity contribution in [2.75, 3.05) is 11.5 Å². The van der Waals surface area contributed by atoms with Crippen LogP contribution in [0.4, 0.5) is 5.82 Å². The molecule has 1 saturated heterocycles. The van der Waals surface area contributed by atoms with Crippen LogP contribution in [-0.2, 0) is 4.74 Å². The number of H-pyrrole nitrogens is 1. The Bertz CT molecular complexity index is 1170. The lowest BCUT2D eigenvalue weighted by Crippen LogP contribution is -2.32. The van der Waals surface area contributed by atoms with E-state index in [9.17, 15) is 10.2 Å². The summed E-state index contributed by atoms with van der Waals surface area (Å²) in [6.45, 7) is 0. The smallest absolute Gasteiger partial charge is 0.168 e. The van der Waals surface area contributed by atoms with Crippen LogP contribution in [0.25, 0.3) is 33.5 Å². The maximum absolute atomic E-state index is 10.4. The van der Waals surface area contributed by atoms with E-state index in [0.717, 1.165) is 16.5 Å². The van der Waals surface area contributed by atoms with Gasteiger partial charge in [0.15, 0.2) is 23.5 Å². The largest absolute Gasteiger partial charge is 0.387 e. The molecule has 9 nitrogen and oxygen atoms in total. The number of anilines is 1. The molecular weight excluding hydrogens is 380 g/mol. The fourth-order valence-corrected chi connectivity index (χ4v) is 3.91. The van der Waals surface area contributed by atoms with E-state index in [1.807, 2.05) is 30.5 Å². The molecule has 3 aromatic heterocycles. The van der Waals surface area contributed by atoms with Crippen LogP contribution >= 0.6 is 12.6 Å². The molecule has 1 aromatic carbocycles. The fraction of sp³-hybridized carbons (Fsp3) is 0.278. The standard InChI is InChI=1S/C18H18N6O3S/c19-15-12-17(24(7-21-12)18-14(26)13(25)11(6-28)27-18)23-16(22-15)9-5-20-10-4-2-1-3-8(9)10/h1-5,7,11,13-14,18,20,25-26,28H,6H2,(H2,19,22,23)/t11-,13-,14-,18-/m1/s1. The van der Waals surface area contributed by atoms with Crippen LogP contribution in [-0.4, -0.2) is 58.8 Å². The molecule has 0 unspecified atom stereocenters. The topological polar surface area (TPSA) is 135 Å². The number of nitrogens with one attached hydrogen (secondary N) is 1. The number of nitrogen functional groups attached to an aromatic ring is 1. The molecule has 144 valence electrons. The Morgan fingerprint density at radius 1 is 1.21 bits per heavy atom. The third-order valence-electron chi connectivity index (χ3n) is 5.07. The van der Waals surface area contributed by atoms with Crippen LogP contribution in [0.1, 0.15) is 6.23 Å². The first kappa shape index (κ1) is 17.4. The quantitative estimate of drug-likeness (QED) is 0.326. The van der Waals surface area contributed by atoms with Crippen LogP contribution in [0.2, 0.25) is 0 Å². The number of aromatic amines is 1. The molecule has 4 atom stereocenters. The number of para-hydroxylation sites is 1. The number of hydrogen-bond donors (Lipinski definition) is 5. The van der Waals surface area contributed by atoms with Gasteiger partial charge in [-0.2, -0.15) is 12.6 Å². The van der Waals surface area contributed by atoms with E-state index in [1.165, 1.54) is 6.33 Å². The number of imidazole rings is 1. The lowest BCUT2D eigenvalue weighted by Gasteiger charge is -2.16. The minimum absolute atomic E-state index is 0.225. The van der Waals surface area contributed by atoms with Gasteiger partial charge in [-0.25, -0.2) is 15.0 Å². The second-order valence-electron chi connectivity index (χ2n) is 6.73. The first-order valence-electron chi connectivity index (χ1n) is 8.77. The summed E-state index contributed by atoms with van der Waals surface area (Å²) in [6.07, 6.45) is -0.311. The molecule has 0 aliphatic carbocycles. The van der Waals surface area contributed by atoms with E-state index < -0.39 is 24.5 Å². The predicted octanol–water partition coefficient (Wildman–Crippen LogP) is 1.11. The van der Waals surface area contributed by atoms with Gasteiger partial charge in [0, 0.05) is 28.4 Å². The minimum Gasteiger partial charge on any atom is -0.387 e. The number of fused-ring (bicyclic) bond motifs is 2.